The molecule has 2 aromatic rings. The van der Waals surface area contributed by atoms with Gasteiger partial charge in [0, 0.05) is 9.86 Å². The van der Waals surface area contributed by atoms with E-state index >= 15 is 0 Å². The minimum atomic E-state index is -0.954. The smallest absolute Gasteiger partial charge is 0.305 e. The number of rotatable bonds is 5. The van der Waals surface area contributed by atoms with Crippen LogP contribution in [0.15, 0.2) is 33.2 Å². The molecule has 0 bridgehead atoms. The molecule has 0 saturated heterocycles. The Morgan fingerprint density at radius 3 is 2.64 bits per heavy atom. The molecule has 2 N–H and O–H groups in total. The van der Waals surface area contributed by atoms with Crippen molar-refractivity contribution in [3.8, 4) is 0 Å². The van der Waals surface area contributed by atoms with Gasteiger partial charge in [0.15, 0.2) is 5.76 Å². The van der Waals surface area contributed by atoms with Crippen LogP contribution in [0, 0.1) is 5.92 Å². The molecule has 5 nitrogen and oxygen atoms in total. The Bertz CT molecular complexity index is 722. The topological polar surface area (TPSA) is 79.5 Å². The highest BCUT2D eigenvalue weighted by molar-refractivity contribution is 9.10. The summed E-state index contributed by atoms with van der Waals surface area (Å²) in [6.45, 7) is 5.47. The Morgan fingerprint density at radius 2 is 2.05 bits per heavy atom. The molecule has 2 rings (SSSR count). The second-order valence-electron chi connectivity index (χ2n) is 5.89. The van der Waals surface area contributed by atoms with Gasteiger partial charge in [0.1, 0.15) is 5.58 Å². The van der Waals surface area contributed by atoms with E-state index in [0.717, 1.165) is 9.86 Å². The first-order valence-corrected chi connectivity index (χ1v) is 7.74. The van der Waals surface area contributed by atoms with Crippen molar-refractivity contribution in [1.29, 1.82) is 0 Å². The van der Waals surface area contributed by atoms with Crippen LogP contribution in [0.3, 0.4) is 0 Å². The molecule has 0 aliphatic rings. The van der Waals surface area contributed by atoms with Crippen LogP contribution in [0.5, 0.6) is 0 Å². The first-order valence-electron chi connectivity index (χ1n) is 6.94. The van der Waals surface area contributed by atoms with Gasteiger partial charge in [-0.1, -0.05) is 29.8 Å². The summed E-state index contributed by atoms with van der Waals surface area (Å²) in [6, 6.07) is 7.11. The fraction of sp³-hybridized carbons (Fsp3) is 0.375. The first kappa shape index (κ1) is 16.5. The fourth-order valence-corrected chi connectivity index (χ4v) is 2.53. The number of hydrogen-bond acceptors (Lipinski definition) is 3. The van der Waals surface area contributed by atoms with Crippen LogP contribution in [0.1, 0.15) is 37.7 Å². The van der Waals surface area contributed by atoms with Gasteiger partial charge in [-0.25, -0.2) is 0 Å². The second kappa shape index (κ2) is 6.12. The number of carboxylic acid groups (broad SMARTS) is 1. The van der Waals surface area contributed by atoms with E-state index < -0.39 is 17.4 Å². The van der Waals surface area contributed by atoms with Gasteiger partial charge in [-0.15, -0.1) is 0 Å². The summed E-state index contributed by atoms with van der Waals surface area (Å²) in [6.07, 6.45) is -0.151. The van der Waals surface area contributed by atoms with Gasteiger partial charge in [-0.05, 0) is 37.1 Å². The monoisotopic (exact) mass is 367 g/mol. The molecule has 1 amide bonds. The first-order chi connectivity index (χ1) is 10.2. The second-order valence-corrected chi connectivity index (χ2v) is 6.81. The van der Waals surface area contributed by atoms with Gasteiger partial charge in [-0.2, -0.15) is 0 Å². The molecule has 118 valence electrons. The average Bonchev–Trinajstić information content (AvgIpc) is 2.80. The van der Waals surface area contributed by atoms with Gasteiger partial charge >= 0.3 is 5.97 Å². The lowest BCUT2D eigenvalue weighted by atomic mass is 9.85. The lowest BCUT2D eigenvalue weighted by molar-refractivity contribution is -0.138. The van der Waals surface area contributed by atoms with Gasteiger partial charge in [-0.3, -0.25) is 9.59 Å². The number of furan rings is 1. The lowest BCUT2D eigenvalue weighted by Crippen LogP contribution is -2.51. The predicted octanol–water partition coefficient (Wildman–Crippen LogP) is 3.81. The molecule has 6 heteroatoms. The highest BCUT2D eigenvalue weighted by Gasteiger charge is 2.33. The van der Waals surface area contributed by atoms with E-state index in [-0.39, 0.29) is 18.1 Å². The van der Waals surface area contributed by atoms with Crippen molar-refractivity contribution in [1.82, 2.24) is 5.32 Å². The zero-order chi connectivity index (χ0) is 16.5. The van der Waals surface area contributed by atoms with Crippen LogP contribution in [0.2, 0.25) is 0 Å². The number of hydrogen-bond donors (Lipinski definition) is 2. The average molecular weight is 368 g/mol. The van der Waals surface area contributed by atoms with Gasteiger partial charge < -0.3 is 14.8 Å². The van der Waals surface area contributed by atoms with Crippen LogP contribution in [0.4, 0.5) is 0 Å². The Morgan fingerprint density at radius 1 is 1.36 bits per heavy atom. The number of carbonyl (C=O) groups is 2. The standard InChI is InChI=1S/C16H18BrNO4/c1-9(2)16(3,8-14(19)20)18-15(21)13-7-10-6-11(17)4-5-12(10)22-13/h4-7,9H,8H2,1-3H3,(H,18,21)(H,19,20). The van der Waals surface area contributed by atoms with E-state index in [9.17, 15) is 9.59 Å². The molecule has 1 atom stereocenters. The third kappa shape index (κ3) is 3.50. The molecule has 1 aromatic heterocycles. The van der Waals surface area contributed by atoms with E-state index in [0.29, 0.717) is 5.58 Å². The fourth-order valence-electron chi connectivity index (χ4n) is 2.15. The molecule has 0 spiro atoms. The number of carbonyl (C=O) groups excluding carboxylic acids is 1. The molecule has 0 fully saturated rings. The molecule has 1 aromatic carbocycles. The largest absolute Gasteiger partial charge is 0.481 e. The summed E-state index contributed by atoms with van der Waals surface area (Å²) >= 11 is 3.37. The van der Waals surface area contributed by atoms with Crippen LogP contribution in [-0.4, -0.2) is 22.5 Å². The summed E-state index contributed by atoms with van der Waals surface area (Å²) < 4.78 is 6.43. The third-order valence-corrected chi connectivity index (χ3v) is 4.39. The zero-order valence-corrected chi connectivity index (χ0v) is 14.2. The van der Waals surface area contributed by atoms with Crippen molar-refractivity contribution in [3.05, 3.63) is 34.5 Å². The third-order valence-electron chi connectivity index (χ3n) is 3.89. The van der Waals surface area contributed by atoms with Crippen LogP contribution < -0.4 is 5.32 Å². The number of nitrogens with one attached hydrogen (secondary N) is 1. The normalized spacial score (nSPS) is 14.0. The maximum Gasteiger partial charge on any atom is 0.305 e. The maximum absolute atomic E-state index is 12.4. The van der Waals surface area contributed by atoms with Crippen molar-refractivity contribution in [2.75, 3.05) is 0 Å². The molecule has 0 aliphatic carbocycles. The molecule has 0 aliphatic heterocycles. The maximum atomic E-state index is 12.4. The van der Waals surface area contributed by atoms with Crippen LogP contribution in [0.25, 0.3) is 11.0 Å². The number of amides is 1. The number of carboxylic acids is 1. The molecular weight excluding hydrogens is 350 g/mol. The summed E-state index contributed by atoms with van der Waals surface area (Å²) in [5, 5.41) is 12.6. The van der Waals surface area contributed by atoms with Gasteiger partial charge in [0.2, 0.25) is 0 Å². The highest BCUT2D eigenvalue weighted by atomic mass is 79.9. The molecule has 1 heterocycles. The van der Waals surface area contributed by atoms with Crippen LogP contribution in [-0.2, 0) is 4.79 Å². The summed E-state index contributed by atoms with van der Waals surface area (Å²) in [4.78, 5) is 23.4. The molecular formula is C16H18BrNO4. The van der Waals surface area contributed by atoms with Crippen molar-refractivity contribution < 1.29 is 19.1 Å². The minimum Gasteiger partial charge on any atom is -0.481 e. The van der Waals surface area contributed by atoms with E-state index in [1.165, 1.54) is 0 Å². The SMILES string of the molecule is CC(C)C(C)(CC(=O)O)NC(=O)c1cc2cc(Br)ccc2o1. The van der Waals surface area contributed by atoms with Crippen LogP contribution >= 0.6 is 15.9 Å². The summed E-state index contributed by atoms with van der Waals surface area (Å²) in [7, 11) is 0. The number of benzene rings is 1. The number of aliphatic carboxylic acids is 1. The minimum absolute atomic E-state index is 0.0360. The lowest BCUT2D eigenvalue weighted by Gasteiger charge is -2.33. The van der Waals surface area contributed by atoms with E-state index in [4.69, 9.17) is 9.52 Å². The van der Waals surface area contributed by atoms with E-state index in [2.05, 4.69) is 21.2 Å². The van der Waals surface area contributed by atoms with E-state index in [1.54, 1.807) is 19.1 Å². The molecule has 0 saturated carbocycles. The predicted molar refractivity (Wildman–Crippen MR) is 86.9 cm³/mol. The van der Waals surface area contributed by atoms with Crippen molar-refractivity contribution >= 4 is 38.8 Å². The zero-order valence-electron chi connectivity index (χ0n) is 12.6. The van der Waals surface area contributed by atoms with Gasteiger partial charge in [0.05, 0.1) is 12.0 Å². The Hall–Kier alpha value is -1.82. The number of fused-ring (bicyclic) bond motifs is 1. The highest BCUT2D eigenvalue weighted by Crippen LogP contribution is 2.25. The molecule has 22 heavy (non-hydrogen) atoms. The molecule has 0 radical (unpaired) electrons. The summed E-state index contributed by atoms with van der Waals surface area (Å²) in [5.41, 5.74) is -0.236. The Labute approximate surface area is 136 Å². The van der Waals surface area contributed by atoms with E-state index in [1.807, 2.05) is 26.0 Å². The Kier molecular flexibility index (Phi) is 4.60. The number of halogens is 1. The van der Waals surface area contributed by atoms with Crippen molar-refractivity contribution in [2.45, 2.75) is 32.7 Å². The quantitative estimate of drug-likeness (QED) is 0.841. The Balaban J connectivity index is 2.27. The van der Waals surface area contributed by atoms with Gasteiger partial charge in [0.25, 0.3) is 5.91 Å². The molecule has 1 unspecified atom stereocenters. The van der Waals surface area contributed by atoms with Crippen molar-refractivity contribution in [3.63, 3.8) is 0 Å². The van der Waals surface area contributed by atoms with Crippen molar-refractivity contribution in [2.24, 2.45) is 5.92 Å². The summed E-state index contributed by atoms with van der Waals surface area (Å²) in [5.74, 6) is -1.23.